The first-order valence-corrected chi connectivity index (χ1v) is 10.6. The lowest BCUT2D eigenvalue weighted by Crippen LogP contribution is -2.50. The minimum absolute atomic E-state index is 0.299. The molecule has 0 aromatic heterocycles. The van der Waals surface area contributed by atoms with Crippen molar-refractivity contribution in [2.75, 3.05) is 19.0 Å². The van der Waals surface area contributed by atoms with Crippen LogP contribution in [0.25, 0.3) is 0 Å². The van der Waals surface area contributed by atoms with E-state index in [-0.39, 0.29) is 6.10 Å². The molecule has 0 radical (unpaired) electrons. The van der Waals surface area contributed by atoms with Gasteiger partial charge >= 0.3 is 6.09 Å². The molecule has 1 saturated heterocycles. The summed E-state index contributed by atoms with van der Waals surface area (Å²) in [5.41, 5.74) is 5.28. The summed E-state index contributed by atoms with van der Waals surface area (Å²) in [5.74, 6) is -1.39. The Balaban J connectivity index is 2.68. The monoisotopic (exact) mass is 378 g/mol. The van der Waals surface area contributed by atoms with Gasteiger partial charge < -0.3 is 20.5 Å². The van der Waals surface area contributed by atoms with Crippen LogP contribution in [0.15, 0.2) is 0 Å². The maximum absolute atomic E-state index is 12.6. The van der Waals surface area contributed by atoms with Gasteiger partial charge in [-0.25, -0.2) is 13.2 Å². The number of ether oxygens (including phenoxy) is 2. The molecule has 0 spiro atoms. The number of amides is 2. The van der Waals surface area contributed by atoms with Gasteiger partial charge in [0.2, 0.25) is 5.91 Å². The summed E-state index contributed by atoms with van der Waals surface area (Å²) in [5, 5.41) is 1.77. The molecule has 0 aromatic carbocycles. The van der Waals surface area contributed by atoms with E-state index in [1.165, 1.54) is 0 Å². The van der Waals surface area contributed by atoms with Crippen LogP contribution in [0, 0.1) is 0 Å². The van der Waals surface area contributed by atoms with Gasteiger partial charge in [0.1, 0.15) is 12.1 Å². The molecule has 1 heterocycles. The van der Waals surface area contributed by atoms with Crippen LogP contribution in [0.4, 0.5) is 4.79 Å². The van der Waals surface area contributed by atoms with E-state index in [2.05, 4.69) is 5.32 Å². The predicted octanol–water partition coefficient (Wildman–Crippen LogP) is 1.13. The number of nitrogens with two attached hydrogens (primary N) is 1. The van der Waals surface area contributed by atoms with Crippen LogP contribution in [0.3, 0.4) is 0 Å². The van der Waals surface area contributed by atoms with Crippen molar-refractivity contribution in [1.82, 2.24) is 5.32 Å². The highest BCUT2D eigenvalue weighted by Crippen LogP contribution is 2.17. The molecular weight excluding hydrogens is 348 g/mol. The Hall–Kier alpha value is -1.35. The lowest BCUT2D eigenvalue weighted by Gasteiger charge is -2.24. The molecule has 1 aliphatic heterocycles. The summed E-state index contributed by atoms with van der Waals surface area (Å²) < 4.78 is 35.5. The fraction of sp³-hybridized carbons (Fsp3) is 0.875. The van der Waals surface area contributed by atoms with Crippen molar-refractivity contribution in [3.8, 4) is 0 Å². The molecular formula is C16H30N2O6S. The van der Waals surface area contributed by atoms with Gasteiger partial charge in [-0.3, -0.25) is 4.79 Å². The molecule has 25 heavy (non-hydrogen) atoms. The van der Waals surface area contributed by atoms with Gasteiger partial charge in [-0.2, -0.15) is 0 Å². The minimum Gasteiger partial charge on any atom is -0.446 e. The Bertz CT molecular complexity index is 525. The van der Waals surface area contributed by atoms with Crippen LogP contribution in [0.5, 0.6) is 0 Å². The smallest absolute Gasteiger partial charge is 0.408 e. The lowest BCUT2D eigenvalue weighted by atomic mass is 10.2. The molecule has 3 N–H and O–H groups in total. The highest BCUT2D eigenvalue weighted by Gasteiger charge is 2.32. The predicted molar refractivity (Wildman–Crippen MR) is 93.8 cm³/mol. The third-order valence-electron chi connectivity index (χ3n) is 4.21. The van der Waals surface area contributed by atoms with Crippen molar-refractivity contribution in [1.29, 1.82) is 0 Å². The Morgan fingerprint density at radius 3 is 2.24 bits per heavy atom. The highest BCUT2D eigenvalue weighted by molar-refractivity contribution is 7.92. The van der Waals surface area contributed by atoms with Gasteiger partial charge in [-0.05, 0) is 12.8 Å². The fourth-order valence-electron chi connectivity index (χ4n) is 2.83. The molecule has 9 heteroatoms. The largest absolute Gasteiger partial charge is 0.446 e. The van der Waals surface area contributed by atoms with Crippen LogP contribution in [-0.2, 0) is 24.1 Å². The van der Waals surface area contributed by atoms with Crippen LogP contribution in [0.1, 0.15) is 52.4 Å². The first-order valence-electron chi connectivity index (χ1n) is 8.85. The second-order valence-corrected chi connectivity index (χ2v) is 8.67. The van der Waals surface area contributed by atoms with Crippen molar-refractivity contribution < 1.29 is 27.5 Å². The molecule has 0 saturated carbocycles. The first-order chi connectivity index (χ1) is 11.8. The average molecular weight is 378 g/mol. The average Bonchev–Trinajstić information content (AvgIpc) is 2.54. The van der Waals surface area contributed by atoms with Crippen molar-refractivity contribution in [2.24, 2.45) is 5.73 Å². The summed E-state index contributed by atoms with van der Waals surface area (Å²) in [6, 6.07) is -1.30. The normalized spacial score (nSPS) is 17.2. The number of carbonyl (C=O) groups excluding carboxylic acids is 2. The fourth-order valence-corrected chi connectivity index (χ4v) is 5.01. The Labute approximate surface area is 149 Å². The van der Waals surface area contributed by atoms with E-state index in [9.17, 15) is 18.0 Å². The van der Waals surface area contributed by atoms with E-state index in [0.717, 1.165) is 12.8 Å². The van der Waals surface area contributed by atoms with Crippen LogP contribution in [-0.4, -0.2) is 56.8 Å². The number of nitrogens with one attached hydrogen (secondary N) is 1. The topological polar surface area (TPSA) is 125 Å². The van der Waals surface area contributed by atoms with Crippen molar-refractivity contribution in [3.05, 3.63) is 0 Å². The molecule has 1 fully saturated rings. The summed E-state index contributed by atoms with van der Waals surface area (Å²) >= 11 is 0. The van der Waals surface area contributed by atoms with Gasteiger partial charge in [0, 0.05) is 12.8 Å². The van der Waals surface area contributed by atoms with Crippen molar-refractivity contribution in [2.45, 2.75) is 69.8 Å². The van der Waals surface area contributed by atoms with E-state index >= 15 is 0 Å². The zero-order valence-corrected chi connectivity index (χ0v) is 15.8. The second kappa shape index (κ2) is 10.6. The standard InChI is InChI=1S/C16H30N2O6S/c1-3-5-13(6-4-2)25(21,22)11-14(15(17)19)18-16(20)24-12-7-9-23-10-8-12/h12-14H,3-11H2,1-2H3,(H2,17,19)(H,18,20). The highest BCUT2D eigenvalue weighted by atomic mass is 32.2. The number of primary amides is 1. The summed E-state index contributed by atoms with van der Waals surface area (Å²) in [6.07, 6.45) is 2.52. The molecule has 0 aliphatic carbocycles. The van der Waals surface area contributed by atoms with Crippen LogP contribution in [0.2, 0.25) is 0 Å². The van der Waals surface area contributed by atoms with Gasteiger partial charge in [-0.1, -0.05) is 26.7 Å². The van der Waals surface area contributed by atoms with E-state index < -0.39 is 38.9 Å². The number of alkyl carbamates (subject to hydrolysis) is 1. The molecule has 8 nitrogen and oxygen atoms in total. The number of rotatable bonds is 10. The maximum atomic E-state index is 12.6. The third-order valence-corrected chi connectivity index (χ3v) is 6.49. The number of hydrogen-bond donors (Lipinski definition) is 2. The lowest BCUT2D eigenvalue weighted by molar-refractivity contribution is -0.119. The van der Waals surface area contributed by atoms with E-state index in [1.807, 2.05) is 13.8 Å². The Morgan fingerprint density at radius 2 is 1.76 bits per heavy atom. The molecule has 0 bridgehead atoms. The molecule has 1 aliphatic rings. The molecule has 146 valence electrons. The van der Waals surface area contributed by atoms with Gasteiger partial charge in [0.05, 0.1) is 24.2 Å². The SMILES string of the molecule is CCCC(CCC)S(=O)(=O)CC(NC(=O)OC1CCOCC1)C(N)=O. The molecule has 1 unspecified atom stereocenters. The molecule has 1 rings (SSSR count). The van der Waals surface area contributed by atoms with Crippen molar-refractivity contribution >= 4 is 21.8 Å². The molecule has 2 amide bonds. The van der Waals surface area contributed by atoms with Gasteiger partial charge in [0.25, 0.3) is 0 Å². The minimum atomic E-state index is -3.56. The van der Waals surface area contributed by atoms with E-state index in [4.69, 9.17) is 15.2 Å². The first kappa shape index (κ1) is 21.7. The number of sulfone groups is 1. The van der Waals surface area contributed by atoms with Crippen molar-refractivity contribution in [3.63, 3.8) is 0 Å². The van der Waals surface area contributed by atoms with Gasteiger partial charge in [0.15, 0.2) is 9.84 Å². The summed E-state index contributed by atoms with van der Waals surface area (Å²) in [4.78, 5) is 23.6. The Morgan fingerprint density at radius 1 is 1.20 bits per heavy atom. The third kappa shape index (κ3) is 7.60. The number of hydrogen-bond acceptors (Lipinski definition) is 6. The summed E-state index contributed by atoms with van der Waals surface area (Å²) in [7, 11) is -3.56. The van der Waals surface area contributed by atoms with Crippen LogP contribution < -0.4 is 11.1 Å². The summed E-state index contributed by atoms with van der Waals surface area (Å²) in [6.45, 7) is 4.82. The quantitative estimate of drug-likeness (QED) is 0.587. The maximum Gasteiger partial charge on any atom is 0.408 e. The molecule has 1 atom stereocenters. The van der Waals surface area contributed by atoms with E-state index in [1.54, 1.807) is 0 Å². The van der Waals surface area contributed by atoms with Crippen LogP contribution >= 0.6 is 0 Å². The zero-order chi connectivity index (χ0) is 18.9. The zero-order valence-electron chi connectivity index (χ0n) is 15.0. The Kier molecular flexibility index (Phi) is 9.20. The molecule has 0 aromatic rings. The second-order valence-electron chi connectivity index (χ2n) is 6.35. The van der Waals surface area contributed by atoms with E-state index in [0.29, 0.717) is 38.9 Å². The van der Waals surface area contributed by atoms with Gasteiger partial charge in [-0.15, -0.1) is 0 Å². The number of carbonyl (C=O) groups is 2.